The fourth-order valence-corrected chi connectivity index (χ4v) is 3.80. The minimum atomic E-state index is 0.418. The highest BCUT2D eigenvalue weighted by molar-refractivity contribution is 5.89. The molecule has 0 fully saturated rings. The minimum Gasteiger partial charge on any atom is -0.0622 e. The molecule has 0 saturated carbocycles. The maximum atomic E-state index is 2.41. The Bertz CT molecular complexity index is 572. The predicted molar refractivity (Wildman–Crippen MR) is 78.9 cm³/mol. The molecule has 0 radical (unpaired) electrons. The smallest absolute Gasteiger partial charge is 0.0120 e. The fourth-order valence-electron chi connectivity index (χ4n) is 3.80. The first-order valence-electron chi connectivity index (χ1n) is 7.05. The topological polar surface area (TPSA) is 0 Å². The zero-order chi connectivity index (χ0) is 12.8. The third kappa shape index (κ3) is 2.05. The monoisotopic (exact) mass is 238 g/mol. The van der Waals surface area contributed by atoms with Crippen LogP contribution in [-0.4, -0.2) is 0 Å². The molecular weight excluding hydrogens is 216 g/mol. The number of rotatable bonds is 0. The summed E-state index contributed by atoms with van der Waals surface area (Å²) in [6.07, 6.45) is 3.74. The second kappa shape index (κ2) is 4.12. The number of hydrogen-bond donors (Lipinski definition) is 0. The lowest BCUT2D eigenvalue weighted by Crippen LogP contribution is -2.22. The molecule has 18 heavy (non-hydrogen) atoms. The molecule has 1 atom stereocenters. The molecule has 0 aliphatic heterocycles. The first kappa shape index (κ1) is 11.8. The normalized spacial score (nSPS) is 22.5. The molecule has 1 aliphatic rings. The van der Waals surface area contributed by atoms with Crippen LogP contribution in [0.5, 0.6) is 0 Å². The van der Waals surface area contributed by atoms with Crippen LogP contribution in [0.2, 0.25) is 0 Å². The first-order valence-corrected chi connectivity index (χ1v) is 7.05. The third-order valence-electron chi connectivity index (χ3n) is 4.22. The summed E-state index contributed by atoms with van der Waals surface area (Å²) in [4.78, 5) is 0. The van der Waals surface area contributed by atoms with Crippen molar-refractivity contribution in [2.45, 2.75) is 40.0 Å². The maximum Gasteiger partial charge on any atom is -0.0120 e. The second-order valence-corrected chi connectivity index (χ2v) is 6.79. The van der Waals surface area contributed by atoms with E-state index in [0.29, 0.717) is 5.41 Å². The molecule has 0 N–H and O–H groups in total. The molecule has 0 aromatic heterocycles. The summed E-state index contributed by atoms with van der Waals surface area (Å²) in [6, 6.07) is 13.6. The standard InChI is InChI=1S/C18H22/c1-13-10-15-8-4-6-14-7-5-9-16(17(14)15)12-18(2,3)11-13/h4-9,13H,10-12H2,1-3H3. The Hall–Kier alpha value is -1.30. The Morgan fingerprint density at radius 2 is 1.67 bits per heavy atom. The molecule has 3 rings (SSSR count). The van der Waals surface area contributed by atoms with E-state index in [1.807, 2.05) is 0 Å². The van der Waals surface area contributed by atoms with Gasteiger partial charge in [-0.25, -0.2) is 0 Å². The van der Waals surface area contributed by atoms with Gasteiger partial charge in [0.05, 0.1) is 0 Å². The van der Waals surface area contributed by atoms with E-state index in [2.05, 4.69) is 57.2 Å². The van der Waals surface area contributed by atoms with Crippen LogP contribution in [0.15, 0.2) is 36.4 Å². The van der Waals surface area contributed by atoms with Crippen LogP contribution in [0.1, 0.15) is 38.3 Å². The lowest BCUT2D eigenvalue weighted by molar-refractivity contribution is 0.272. The lowest BCUT2D eigenvalue weighted by Gasteiger charge is -2.32. The quantitative estimate of drug-likeness (QED) is 0.606. The number of hydrogen-bond acceptors (Lipinski definition) is 0. The van der Waals surface area contributed by atoms with Gasteiger partial charge in [-0.15, -0.1) is 0 Å². The summed E-state index contributed by atoms with van der Waals surface area (Å²) in [7, 11) is 0. The summed E-state index contributed by atoms with van der Waals surface area (Å²) < 4.78 is 0. The van der Waals surface area contributed by atoms with Crippen LogP contribution in [0.25, 0.3) is 10.8 Å². The highest BCUT2D eigenvalue weighted by Gasteiger charge is 2.25. The molecule has 0 bridgehead atoms. The Balaban J connectivity index is 2.26. The van der Waals surface area contributed by atoms with E-state index >= 15 is 0 Å². The first-order chi connectivity index (χ1) is 8.55. The average Bonchev–Trinajstić information content (AvgIpc) is 2.26. The summed E-state index contributed by atoms with van der Waals surface area (Å²) in [6.45, 7) is 7.22. The molecule has 1 unspecified atom stereocenters. The molecule has 2 aromatic carbocycles. The van der Waals surface area contributed by atoms with Crippen LogP contribution in [-0.2, 0) is 12.8 Å². The van der Waals surface area contributed by atoms with Crippen LogP contribution >= 0.6 is 0 Å². The lowest BCUT2D eigenvalue weighted by atomic mass is 9.73. The van der Waals surface area contributed by atoms with Crippen molar-refractivity contribution in [3.63, 3.8) is 0 Å². The molecule has 1 aliphatic carbocycles. The zero-order valence-electron chi connectivity index (χ0n) is 11.7. The van der Waals surface area contributed by atoms with Crippen molar-refractivity contribution in [1.29, 1.82) is 0 Å². The van der Waals surface area contributed by atoms with Gasteiger partial charge in [0.1, 0.15) is 0 Å². The summed E-state index contributed by atoms with van der Waals surface area (Å²) in [5.41, 5.74) is 3.51. The maximum absolute atomic E-state index is 2.41. The van der Waals surface area contributed by atoms with Gasteiger partial charge in [0, 0.05) is 0 Å². The van der Waals surface area contributed by atoms with Crippen molar-refractivity contribution in [2.24, 2.45) is 11.3 Å². The Morgan fingerprint density at radius 1 is 1.00 bits per heavy atom. The molecule has 2 aromatic rings. The van der Waals surface area contributed by atoms with Crippen molar-refractivity contribution in [3.05, 3.63) is 47.5 Å². The van der Waals surface area contributed by atoms with Crippen LogP contribution in [0.3, 0.4) is 0 Å². The Kier molecular flexibility index (Phi) is 2.69. The Labute approximate surface area is 110 Å². The molecule has 0 heteroatoms. The van der Waals surface area contributed by atoms with Crippen molar-refractivity contribution in [1.82, 2.24) is 0 Å². The minimum absolute atomic E-state index is 0.418. The van der Waals surface area contributed by atoms with Crippen LogP contribution in [0, 0.1) is 11.3 Å². The van der Waals surface area contributed by atoms with Gasteiger partial charge in [-0.05, 0) is 52.5 Å². The average molecular weight is 238 g/mol. The second-order valence-electron chi connectivity index (χ2n) is 6.79. The van der Waals surface area contributed by atoms with E-state index in [0.717, 1.165) is 5.92 Å². The highest BCUT2D eigenvalue weighted by Crippen LogP contribution is 2.37. The van der Waals surface area contributed by atoms with Gasteiger partial charge >= 0.3 is 0 Å². The van der Waals surface area contributed by atoms with E-state index < -0.39 is 0 Å². The largest absolute Gasteiger partial charge is 0.0622 e. The van der Waals surface area contributed by atoms with Gasteiger partial charge in [-0.1, -0.05) is 57.2 Å². The molecule has 0 saturated heterocycles. The van der Waals surface area contributed by atoms with E-state index in [-0.39, 0.29) is 0 Å². The van der Waals surface area contributed by atoms with Gasteiger partial charge < -0.3 is 0 Å². The molecule has 0 spiro atoms. The van der Waals surface area contributed by atoms with Crippen molar-refractivity contribution < 1.29 is 0 Å². The summed E-state index contributed by atoms with van der Waals surface area (Å²) in [5.74, 6) is 0.777. The van der Waals surface area contributed by atoms with Gasteiger partial charge in [0.25, 0.3) is 0 Å². The third-order valence-corrected chi connectivity index (χ3v) is 4.22. The van der Waals surface area contributed by atoms with E-state index in [1.54, 1.807) is 11.1 Å². The molecule has 0 heterocycles. The van der Waals surface area contributed by atoms with Crippen molar-refractivity contribution in [3.8, 4) is 0 Å². The van der Waals surface area contributed by atoms with Crippen LogP contribution < -0.4 is 0 Å². The van der Waals surface area contributed by atoms with E-state index in [4.69, 9.17) is 0 Å². The molecule has 94 valence electrons. The highest BCUT2D eigenvalue weighted by atomic mass is 14.3. The number of benzene rings is 2. The molecular formula is C18H22. The molecule has 0 nitrogen and oxygen atoms in total. The van der Waals surface area contributed by atoms with Gasteiger partial charge in [-0.3, -0.25) is 0 Å². The van der Waals surface area contributed by atoms with Crippen molar-refractivity contribution >= 4 is 10.8 Å². The zero-order valence-corrected chi connectivity index (χ0v) is 11.7. The summed E-state index contributed by atoms with van der Waals surface area (Å²) in [5, 5.41) is 2.94. The van der Waals surface area contributed by atoms with Crippen LogP contribution in [0.4, 0.5) is 0 Å². The molecule has 0 amide bonds. The fraction of sp³-hybridized carbons (Fsp3) is 0.444. The van der Waals surface area contributed by atoms with Gasteiger partial charge in [0.2, 0.25) is 0 Å². The van der Waals surface area contributed by atoms with Crippen molar-refractivity contribution in [2.75, 3.05) is 0 Å². The predicted octanol–water partition coefficient (Wildman–Crippen LogP) is 4.99. The summed E-state index contributed by atoms with van der Waals surface area (Å²) >= 11 is 0. The van der Waals surface area contributed by atoms with Gasteiger partial charge in [0.15, 0.2) is 0 Å². The Morgan fingerprint density at radius 3 is 2.39 bits per heavy atom. The van der Waals surface area contributed by atoms with E-state index in [1.165, 1.54) is 30.0 Å². The van der Waals surface area contributed by atoms with E-state index in [9.17, 15) is 0 Å². The SMILES string of the molecule is CC1Cc2cccc3cccc(c23)CC(C)(C)C1. The van der Waals surface area contributed by atoms with Gasteiger partial charge in [-0.2, -0.15) is 0 Å².